The number of carbonyl (C=O) groups excluding carboxylic acids is 1. The maximum Gasteiger partial charge on any atom is 0.278 e. The molecule has 0 aliphatic heterocycles. The van der Waals surface area contributed by atoms with Gasteiger partial charge in [0.1, 0.15) is 0 Å². The van der Waals surface area contributed by atoms with E-state index in [1.54, 1.807) is 0 Å². The number of unbranched alkanes of at least 4 members (excludes halogenated alkanes) is 8. The van der Waals surface area contributed by atoms with Crippen LogP contribution in [-0.2, 0) is 4.79 Å². The van der Waals surface area contributed by atoms with Crippen molar-refractivity contribution in [3.8, 4) is 0 Å². The molecule has 1 amide bonds. The summed E-state index contributed by atoms with van der Waals surface area (Å²) >= 11 is 5.84. The van der Waals surface area contributed by atoms with E-state index in [4.69, 9.17) is 11.6 Å². The number of nitro benzene ring substituents is 1. The first-order valence-electron chi connectivity index (χ1n) is 9.30. The lowest BCUT2D eigenvalue weighted by molar-refractivity contribution is -0.385. The van der Waals surface area contributed by atoms with Gasteiger partial charge in [0, 0.05) is 17.5 Å². The van der Waals surface area contributed by atoms with Crippen molar-refractivity contribution in [3.05, 3.63) is 38.9 Å². The molecule has 0 aromatic heterocycles. The molecule has 6 nitrogen and oxygen atoms in total. The summed E-state index contributed by atoms with van der Waals surface area (Å²) in [6.45, 7) is 2.21. The molecule has 1 rings (SSSR count). The molecule has 0 saturated heterocycles. The molecule has 0 fully saturated rings. The van der Waals surface area contributed by atoms with Gasteiger partial charge in [-0.05, 0) is 18.6 Å². The minimum Gasteiger partial charge on any atom is -0.273 e. The number of hydrogen-bond donors (Lipinski definition) is 1. The molecule has 0 atom stereocenters. The monoisotopic (exact) mass is 381 g/mol. The first kappa shape index (κ1) is 22.1. The summed E-state index contributed by atoms with van der Waals surface area (Å²) in [4.78, 5) is 22.2. The van der Waals surface area contributed by atoms with Crippen molar-refractivity contribution in [2.45, 2.75) is 71.1 Å². The first-order chi connectivity index (χ1) is 12.5. The Hall–Kier alpha value is -1.95. The van der Waals surface area contributed by atoms with Crippen LogP contribution in [0.2, 0.25) is 5.02 Å². The Morgan fingerprint density at radius 3 is 2.38 bits per heavy atom. The number of benzene rings is 1. The Morgan fingerprint density at radius 2 is 1.77 bits per heavy atom. The zero-order chi connectivity index (χ0) is 19.2. The van der Waals surface area contributed by atoms with E-state index in [1.165, 1.54) is 62.9 Å². The molecule has 0 aliphatic carbocycles. The van der Waals surface area contributed by atoms with Gasteiger partial charge in [0.2, 0.25) is 5.91 Å². The Labute approximate surface area is 160 Å². The largest absolute Gasteiger partial charge is 0.278 e. The topological polar surface area (TPSA) is 84.6 Å². The van der Waals surface area contributed by atoms with Gasteiger partial charge in [0.15, 0.2) is 0 Å². The number of nitro groups is 1. The quantitative estimate of drug-likeness (QED) is 0.208. The summed E-state index contributed by atoms with van der Waals surface area (Å²) < 4.78 is 0. The Morgan fingerprint density at radius 1 is 1.15 bits per heavy atom. The SMILES string of the molecule is CCCCCCCCCCCC(=O)NN=Cc1cc(Cl)ccc1[N+](=O)[O-]. The van der Waals surface area contributed by atoms with Crippen LogP contribution in [0.5, 0.6) is 0 Å². The minimum atomic E-state index is -0.512. The van der Waals surface area contributed by atoms with Crippen LogP contribution in [0.1, 0.15) is 76.7 Å². The summed E-state index contributed by atoms with van der Waals surface area (Å²) in [5, 5.41) is 15.1. The number of hydrazone groups is 1. The van der Waals surface area contributed by atoms with E-state index in [-0.39, 0.29) is 17.2 Å². The van der Waals surface area contributed by atoms with Gasteiger partial charge in [-0.3, -0.25) is 14.9 Å². The van der Waals surface area contributed by atoms with Crippen LogP contribution < -0.4 is 5.43 Å². The number of rotatable bonds is 13. The Balaban J connectivity index is 2.21. The van der Waals surface area contributed by atoms with E-state index >= 15 is 0 Å². The third-order valence-corrected chi connectivity index (χ3v) is 4.32. The summed E-state index contributed by atoms with van der Waals surface area (Å²) in [5.74, 6) is -0.186. The van der Waals surface area contributed by atoms with E-state index < -0.39 is 4.92 Å². The number of halogens is 1. The molecule has 1 aromatic rings. The highest BCUT2D eigenvalue weighted by Crippen LogP contribution is 2.20. The highest BCUT2D eigenvalue weighted by Gasteiger charge is 2.12. The number of nitrogens with one attached hydrogen (secondary N) is 1. The van der Waals surface area contributed by atoms with Crippen molar-refractivity contribution in [1.82, 2.24) is 5.43 Å². The molecule has 7 heteroatoms. The van der Waals surface area contributed by atoms with Crippen LogP contribution in [0.25, 0.3) is 0 Å². The van der Waals surface area contributed by atoms with Gasteiger partial charge < -0.3 is 0 Å². The fourth-order valence-electron chi connectivity index (χ4n) is 2.62. The van der Waals surface area contributed by atoms with Crippen LogP contribution in [-0.4, -0.2) is 17.0 Å². The van der Waals surface area contributed by atoms with Gasteiger partial charge in [0.05, 0.1) is 16.7 Å². The van der Waals surface area contributed by atoms with Gasteiger partial charge >= 0.3 is 0 Å². The number of hydrogen-bond acceptors (Lipinski definition) is 4. The lowest BCUT2D eigenvalue weighted by Gasteiger charge is -2.02. The third-order valence-electron chi connectivity index (χ3n) is 4.09. The highest BCUT2D eigenvalue weighted by atomic mass is 35.5. The average molecular weight is 382 g/mol. The Kier molecular flexibility index (Phi) is 11.3. The molecule has 0 spiro atoms. The smallest absolute Gasteiger partial charge is 0.273 e. The van der Waals surface area contributed by atoms with E-state index in [0.717, 1.165) is 19.3 Å². The Bertz CT molecular complexity index is 606. The van der Waals surface area contributed by atoms with Crippen molar-refractivity contribution in [2.75, 3.05) is 0 Å². The predicted molar refractivity (Wildman–Crippen MR) is 106 cm³/mol. The third kappa shape index (κ3) is 9.51. The van der Waals surface area contributed by atoms with Crippen LogP contribution in [0.4, 0.5) is 5.69 Å². The zero-order valence-electron chi connectivity index (χ0n) is 15.4. The van der Waals surface area contributed by atoms with Crippen molar-refractivity contribution >= 4 is 29.4 Å². The average Bonchev–Trinajstić information content (AvgIpc) is 2.60. The normalized spacial score (nSPS) is 11.0. The number of carbonyl (C=O) groups is 1. The maximum absolute atomic E-state index is 11.7. The van der Waals surface area contributed by atoms with Gasteiger partial charge in [0.25, 0.3) is 5.69 Å². The molecular formula is C19H28ClN3O3. The molecule has 144 valence electrons. The molecule has 0 aliphatic rings. The molecule has 0 saturated carbocycles. The fraction of sp³-hybridized carbons (Fsp3) is 0.579. The van der Waals surface area contributed by atoms with Crippen LogP contribution in [0, 0.1) is 10.1 Å². The van der Waals surface area contributed by atoms with Gasteiger partial charge in [-0.2, -0.15) is 5.10 Å². The van der Waals surface area contributed by atoms with Crippen molar-refractivity contribution in [1.29, 1.82) is 0 Å². The van der Waals surface area contributed by atoms with Crippen molar-refractivity contribution in [2.24, 2.45) is 5.10 Å². The highest BCUT2D eigenvalue weighted by molar-refractivity contribution is 6.31. The summed E-state index contributed by atoms with van der Waals surface area (Å²) in [6, 6.07) is 4.20. The van der Waals surface area contributed by atoms with E-state index in [2.05, 4.69) is 17.5 Å². The van der Waals surface area contributed by atoms with E-state index in [9.17, 15) is 14.9 Å². The standard InChI is InChI=1S/C19H28ClN3O3/c1-2-3-4-5-6-7-8-9-10-11-19(24)22-21-15-16-14-17(20)12-13-18(16)23(25)26/h12-15H,2-11H2,1H3,(H,22,24). The second kappa shape index (κ2) is 13.3. The van der Waals surface area contributed by atoms with Gasteiger partial charge in [-0.15, -0.1) is 0 Å². The predicted octanol–water partition coefficient (Wildman–Crippen LogP) is 5.62. The van der Waals surface area contributed by atoms with Crippen LogP contribution in [0.3, 0.4) is 0 Å². The molecule has 0 radical (unpaired) electrons. The van der Waals surface area contributed by atoms with E-state index in [0.29, 0.717) is 11.4 Å². The lowest BCUT2D eigenvalue weighted by Crippen LogP contribution is -2.17. The van der Waals surface area contributed by atoms with Crippen molar-refractivity contribution < 1.29 is 9.72 Å². The maximum atomic E-state index is 11.7. The van der Waals surface area contributed by atoms with Crippen LogP contribution in [0.15, 0.2) is 23.3 Å². The summed E-state index contributed by atoms with van der Waals surface area (Å²) in [6.07, 6.45) is 12.4. The van der Waals surface area contributed by atoms with Crippen molar-refractivity contribution in [3.63, 3.8) is 0 Å². The molecule has 0 unspecified atom stereocenters. The zero-order valence-corrected chi connectivity index (χ0v) is 16.1. The van der Waals surface area contributed by atoms with E-state index in [1.807, 2.05) is 0 Å². The fourth-order valence-corrected chi connectivity index (χ4v) is 2.80. The number of amides is 1. The van der Waals surface area contributed by atoms with Crippen LogP contribution >= 0.6 is 11.6 Å². The molecule has 0 bridgehead atoms. The molecule has 1 N–H and O–H groups in total. The second-order valence-corrected chi connectivity index (χ2v) is 6.77. The molecule has 26 heavy (non-hydrogen) atoms. The van der Waals surface area contributed by atoms with Gasteiger partial charge in [-0.25, -0.2) is 5.43 Å². The summed E-state index contributed by atoms with van der Waals surface area (Å²) in [7, 11) is 0. The summed E-state index contributed by atoms with van der Waals surface area (Å²) in [5.41, 5.74) is 2.56. The molecule has 0 heterocycles. The second-order valence-electron chi connectivity index (χ2n) is 6.33. The minimum absolute atomic E-state index is 0.105. The first-order valence-corrected chi connectivity index (χ1v) is 9.68. The number of nitrogens with zero attached hydrogens (tertiary/aromatic N) is 2. The molecule has 1 aromatic carbocycles. The lowest BCUT2D eigenvalue weighted by atomic mass is 10.1. The molecular weight excluding hydrogens is 354 g/mol. The van der Waals surface area contributed by atoms with Gasteiger partial charge in [-0.1, -0.05) is 69.9 Å².